The molecule has 0 atom stereocenters. The first kappa shape index (κ1) is 13.9. The van der Waals surface area contributed by atoms with Gasteiger partial charge in [0.2, 0.25) is 0 Å². The largest absolute Gasteiger partial charge is 0.321 e. The highest BCUT2D eigenvalue weighted by Gasteiger charge is 2.24. The smallest absolute Gasteiger partial charge is 0.256 e. The van der Waals surface area contributed by atoms with E-state index in [0.717, 1.165) is 20.4 Å². The lowest BCUT2D eigenvalue weighted by atomic mass is 10.0. The monoisotopic (exact) mass is 415 g/mol. The van der Waals surface area contributed by atoms with E-state index in [2.05, 4.69) is 27.9 Å². The number of carbonyl (C=O) groups excluding carboxylic acids is 1. The van der Waals surface area contributed by atoms with Gasteiger partial charge in [-0.3, -0.25) is 4.79 Å². The number of halogens is 3. The van der Waals surface area contributed by atoms with Crippen molar-refractivity contribution in [2.24, 2.45) is 0 Å². The summed E-state index contributed by atoms with van der Waals surface area (Å²) in [5.41, 5.74) is 3.14. The van der Waals surface area contributed by atoms with Crippen molar-refractivity contribution in [1.82, 2.24) is 0 Å². The minimum Gasteiger partial charge on any atom is -0.321 e. The zero-order chi connectivity index (χ0) is 14.3. The number of hydrogen-bond donors (Lipinski definition) is 1. The Morgan fingerprint density at radius 3 is 2.55 bits per heavy atom. The van der Waals surface area contributed by atoms with Gasteiger partial charge in [-0.1, -0.05) is 29.3 Å². The van der Waals surface area contributed by atoms with Gasteiger partial charge in [0.25, 0.3) is 5.91 Å². The van der Waals surface area contributed by atoms with Gasteiger partial charge in [-0.25, -0.2) is 0 Å². The summed E-state index contributed by atoms with van der Waals surface area (Å²) in [6.45, 7) is 0. The van der Waals surface area contributed by atoms with Crippen molar-refractivity contribution in [3.63, 3.8) is 0 Å². The molecular formula is C15H8Cl2INO. The summed E-state index contributed by atoms with van der Waals surface area (Å²) in [4.78, 5) is 12.1. The van der Waals surface area contributed by atoms with Gasteiger partial charge in [-0.2, -0.15) is 0 Å². The number of nitrogens with one attached hydrogen (secondary N) is 1. The van der Waals surface area contributed by atoms with Crippen molar-refractivity contribution in [2.45, 2.75) is 0 Å². The molecule has 100 valence electrons. The molecule has 0 aromatic heterocycles. The van der Waals surface area contributed by atoms with E-state index in [-0.39, 0.29) is 5.91 Å². The van der Waals surface area contributed by atoms with Gasteiger partial charge in [-0.15, -0.1) is 0 Å². The van der Waals surface area contributed by atoms with Crippen LogP contribution in [-0.2, 0) is 4.79 Å². The molecule has 1 N–H and O–H groups in total. The van der Waals surface area contributed by atoms with Gasteiger partial charge in [-0.05, 0) is 64.6 Å². The number of amides is 1. The van der Waals surface area contributed by atoms with Crippen LogP contribution in [0, 0.1) is 3.57 Å². The molecule has 1 aliphatic rings. The van der Waals surface area contributed by atoms with Crippen molar-refractivity contribution < 1.29 is 4.79 Å². The molecule has 0 spiro atoms. The Morgan fingerprint density at radius 2 is 1.75 bits per heavy atom. The quantitative estimate of drug-likeness (QED) is 0.510. The fourth-order valence-corrected chi connectivity index (χ4v) is 2.93. The van der Waals surface area contributed by atoms with Crippen LogP contribution in [0.25, 0.3) is 11.6 Å². The molecule has 5 heteroatoms. The molecule has 0 radical (unpaired) electrons. The molecule has 0 aliphatic carbocycles. The SMILES string of the molecule is O=C1Nc2cc(Cl)ccc2C1=Cc1cc(Cl)ccc1I. The fourth-order valence-electron chi connectivity index (χ4n) is 2.09. The highest BCUT2D eigenvalue weighted by atomic mass is 127. The predicted molar refractivity (Wildman–Crippen MR) is 92.1 cm³/mol. The first-order valence-electron chi connectivity index (χ1n) is 5.82. The summed E-state index contributed by atoms with van der Waals surface area (Å²) in [6, 6.07) is 11.0. The average molecular weight is 416 g/mol. The Bertz CT molecular complexity index is 756. The molecule has 1 amide bonds. The van der Waals surface area contributed by atoms with Crippen LogP contribution in [-0.4, -0.2) is 5.91 Å². The molecule has 3 rings (SSSR count). The minimum absolute atomic E-state index is 0.127. The highest BCUT2D eigenvalue weighted by molar-refractivity contribution is 14.1. The van der Waals surface area contributed by atoms with Gasteiger partial charge < -0.3 is 5.32 Å². The summed E-state index contributed by atoms with van der Waals surface area (Å²) in [6.07, 6.45) is 1.85. The summed E-state index contributed by atoms with van der Waals surface area (Å²) in [5.74, 6) is -0.127. The molecule has 2 aromatic rings. The number of benzene rings is 2. The third kappa shape index (κ3) is 2.57. The maximum atomic E-state index is 12.1. The van der Waals surface area contributed by atoms with E-state index in [0.29, 0.717) is 15.6 Å². The molecule has 0 saturated carbocycles. The van der Waals surface area contributed by atoms with Crippen LogP contribution < -0.4 is 5.32 Å². The topological polar surface area (TPSA) is 29.1 Å². The number of hydrogen-bond acceptors (Lipinski definition) is 1. The maximum Gasteiger partial charge on any atom is 0.256 e. The van der Waals surface area contributed by atoms with E-state index >= 15 is 0 Å². The lowest BCUT2D eigenvalue weighted by Crippen LogP contribution is -2.03. The predicted octanol–water partition coefficient (Wildman–Crippen LogP) is 5.09. The standard InChI is InChI=1S/C15H8Cl2INO/c16-9-2-4-13(18)8(5-9)6-12-11-3-1-10(17)7-14(11)19-15(12)20/h1-7H,(H,19,20). The maximum absolute atomic E-state index is 12.1. The number of fused-ring (bicyclic) bond motifs is 1. The molecule has 2 nitrogen and oxygen atoms in total. The van der Waals surface area contributed by atoms with E-state index in [1.165, 1.54) is 0 Å². The van der Waals surface area contributed by atoms with Gasteiger partial charge >= 0.3 is 0 Å². The van der Waals surface area contributed by atoms with Crippen LogP contribution >= 0.6 is 45.8 Å². The summed E-state index contributed by atoms with van der Waals surface area (Å²) >= 11 is 14.2. The fraction of sp³-hybridized carbons (Fsp3) is 0. The van der Waals surface area contributed by atoms with Crippen molar-refractivity contribution in [1.29, 1.82) is 0 Å². The van der Waals surface area contributed by atoms with Crippen LogP contribution in [0.5, 0.6) is 0 Å². The van der Waals surface area contributed by atoms with Crippen LogP contribution in [0.15, 0.2) is 36.4 Å². The Balaban J connectivity index is 2.13. The van der Waals surface area contributed by atoms with Crippen molar-refractivity contribution in [3.8, 4) is 0 Å². The van der Waals surface area contributed by atoms with E-state index in [1.54, 1.807) is 12.1 Å². The van der Waals surface area contributed by atoms with Gasteiger partial charge in [0.1, 0.15) is 0 Å². The molecular weight excluding hydrogens is 408 g/mol. The van der Waals surface area contributed by atoms with Crippen molar-refractivity contribution in [2.75, 3.05) is 5.32 Å². The Labute approximate surface area is 139 Å². The Morgan fingerprint density at radius 1 is 1.05 bits per heavy atom. The van der Waals surface area contributed by atoms with Crippen LogP contribution in [0.3, 0.4) is 0 Å². The molecule has 0 bridgehead atoms. The van der Waals surface area contributed by atoms with Crippen LogP contribution in [0.4, 0.5) is 5.69 Å². The highest BCUT2D eigenvalue weighted by Crippen LogP contribution is 2.35. The second-order valence-corrected chi connectivity index (χ2v) is 6.40. The Hall–Kier alpha value is -1.04. The number of anilines is 1. The second-order valence-electron chi connectivity index (χ2n) is 4.37. The molecule has 1 heterocycles. The zero-order valence-corrected chi connectivity index (χ0v) is 13.8. The summed E-state index contributed by atoms with van der Waals surface area (Å²) < 4.78 is 1.04. The van der Waals surface area contributed by atoms with Crippen molar-refractivity contribution in [3.05, 3.63) is 61.1 Å². The van der Waals surface area contributed by atoms with Gasteiger partial charge in [0, 0.05) is 24.8 Å². The molecule has 0 fully saturated rings. The van der Waals surface area contributed by atoms with Gasteiger partial charge in [0.15, 0.2) is 0 Å². The minimum atomic E-state index is -0.127. The molecule has 2 aromatic carbocycles. The first-order chi connectivity index (χ1) is 9.54. The van der Waals surface area contributed by atoms with E-state index in [9.17, 15) is 4.79 Å². The Kier molecular flexibility index (Phi) is 3.75. The van der Waals surface area contributed by atoms with E-state index in [4.69, 9.17) is 23.2 Å². The van der Waals surface area contributed by atoms with Gasteiger partial charge in [0.05, 0.1) is 5.69 Å². The van der Waals surface area contributed by atoms with Crippen molar-refractivity contribution >= 4 is 69.0 Å². The lowest BCUT2D eigenvalue weighted by molar-refractivity contribution is -0.110. The summed E-state index contributed by atoms with van der Waals surface area (Å²) in [5, 5.41) is 4.06. The number of carbonyl (C=O) groups is 1. The molecule has 0 saturated heterocycles. The zero-order valence-electron chi connectivity index (χ0n) is 10.1. The van der Waals surface area contributed by atoms with E-state index < -0.39 is 0 Å². The van der Waals surface area contributed by atoms with E-state index in [1.807, 2.05) is 30.3 Å². The summed E-state index contributed by atoms with van der Waals surface area (Å²) in [7, 11) is 0. The third-order valence-corrected chi connectivity index (χ3v) is 4.48. The lowest BCUT2D eigenvalue weighted by Gasteiger charge is -2.02. The normalized spacial score (nSPS) is 15.3. The second kappa shape index (κ2) is 5.39. The third-order valence-electron chi connectivity index (χ3n) is 3.02. The number of rotatable bonds is 1. The molecule has 20 heavy (non-hydrogen) atoms. The molecule has 1 aliphatic heterocycles. The van der Waals surface area contributed by atoms with Crippen LogP contribution in [0.1, 0.15) is 11.1 Å². The van der Waals surface area contributed by atoms with Crippen LogP contribution in [0.2, 0.25) is 10.0 Å². The molecule has 0 unspecified atom stereocenters. The first-order valence-corrected chi connectivity index (χ1v) is 7.66. The average Bonchev–Trinajstić information content (AvgIpc) is 2.69.